The summed E-state index contributed by atoms with van der Waals surface area (Å²) in [5, 5.41) is 5.77. The van der Waals surface area contributed by atoms with Gasteiger partial charge < -0.3 is 29.2 Å². The zero-order valence-electron chi connectivity index (χ0n) is 22.0. The summed E-state index contributed by atoms with van der Waals surface area (Å²) in [6.45, 7) is 0.401. The lowest BCUT2D eigenvalue weighted by Crippen LogP contribution is -2.14. The van der Waals surface area contributed by atoms with Crippen LogP contribution in [-0.2, 0) is 13.0 Å². The molecule has 8 heteroatoms. The van der Waals surface area contributed by atoms with Gasteiger partial charge in [0, 0.05) is 28.4 Å². The van der Waals surface area contributed by atoms with Gasteiger partial charge in [0.25, 0.3) is 5.91 Å². The number of benzene rings is 4. The van der Waals surface area contributed by atoms with Crippen molar-refractivity contribution < 1.29 is 23.7 Å². The van der Waals surface area contributed by atoms with E-state index in [-0.39, 0.29) is 5.91 Å². The van der Waals surface area contributed by atoms with Gasteiger partial charge in [-0.2, -0.15) is 0 Å². The van der Waals surface area contributed by atoms with Crippen LogP contribution in [0, 0.1) is 0 Å². The number of H-pyrrole nitrogens is 1. The molecule has 0 spiro atoms. The van der Waals surface area contributed by atoms with Gasteiger partial charge in [0.15, 0.2) is 11.5 Å². The zero-order valence-corrected chi connectivity index (χ0v) is 22.7. The standard InChI is InChI=1S/C31H29ClN2O5/c1-36-27-16-20-15-25(33-28(20)30(38-3)29(27)37-2)31(35)34-24-17-26(39-18-19-9-5-4-6-10-19)23-12-8-7-11-21(23)22(24)13-14-32/h4-12,15-17,33H,13-14,18H2,1-3H3,(H,34,35). The number of rotatable bonds is 10. The molecule has 0 fully saturated rings. The molecule has 7 nitrogen and oxygen atoms in total. The minimum Gasteiger partial charge on any atom is -0.493 e. The average Bonchev–Trinajstić information content (AvgIpc) is 3.41. The molecule has 4 aromatic carbocycles. The molecule has 1 aromatic heterocycles. The highest BCUT2D eigenvalue weighted by Crippen LogP contribution is 2.43. The summed E-state index contributed by atoms with van der Waals surface area (Å²) >= 11 is 6.20. The van der Waals surface area contributed by atoms with E-state index in [1.165, 1.54) is 0 Å². The molecule has 0 saturated carbocycles. The van der Waals surface area contributed by atoms with Crippen molar-refractivity contribution in [3.8, 4) is 23.0 Å². The second-order valence-electron chi connectivity index (χ2n) is 8.91. The summed E-state index contributed by atoms with van der Waals surface area (Å²) in [5.74, 6) is 2.17. The smallest absolute Gasteiger partial charge is 0.272 e. The van der Waals surface area contributed by atoms with Crippen LogP contribution in [0.5, 0.6) is 23.0 Å². The number of carbonyl (C=O) groups is 1. The molecule has 0 unspecified atom stereocenters. The van der Waals surface area contributed by atoms with Crippen LogP contribution in [0.1, 0.15) is 21.6 Å². The number of alkyl halides is 1. The van der Waals surface area contributed by atoms with E-state index < -0.39 is 0 Å². The third kappa shape index (κ3) is 5.18. The number of anilines is 1. The van der Waals surface area contributed by atoms with Crippen LogP contribution < -0.4 is 24.3 Å². The monoisotopic (exact) mass is 544 g/mol. The van der Waals surface area contributed by atoms with Gasteiger partial charge in [-0.15, -0.1) is 11.6 Å². The normalized spacial score (nSPS) is 11.0. The van der Waals surface area contributed by atoms with Gasteiger partial charge in [-0.1, -0.05) is 54.6 Å². The van der Waals surface area contributed by atoms with E-state index >= 15 is 0 Å². The molecule has 0 saturated heterocycles. The van der Waals surface area contributed by atoms with Gasteiger partial charge in [-0.05, 0) is 35.1 Å². The minimum atomic E-state index is -0.314. The number of halogens is 1. The van der Waals surface area contributed by atoms with Gasteiger partial charge in [0.2, 0.25) is 5.75 Å². The van der Waals surface area contributed by atoms with Crippen molar-refractivity contribution in [3.05, 3.63) is 89.6 Å². The molecule has 5 aromatic rings. The first-order valence-electron chi connectivity index (χ1n) is 12.5. The highest BCUT2D eigenvalue weighted by molar-refractivity contribution is 6.18. The highest BCUT2D eigenvalue weighted by atomic mass is 35.5. The molecule has 0 radical (unpaired) electrons. The lowest BCUT2D eigenvalue weighted by Gasteiger charge is -2.17. The quantitative estimate of drug-likeness (QED) is 0.186. The van der Waals surface area contributed by atoms with Crippen molar-refractivity contribution in [2.24, 2.45) is 0 Å². The number of aromatic amines is 1. The first-order valence-corrected chi connectivity index (χ1v) is 13.0. The Morgan fingerprint density at radius 1 is 0.846 bits per heavy atom. The van der Waals surface area contributed by atoms with E-state index in [9.17, 15) is 4.79 Å². The van der Waals surface area contributed by atoms with Gasteiger partial charge in [-0.25, -0.2) is 0 Å². The van der Waals surface area contributed by atoms with Crippen LogP contribution in [0.15, 0.2) is 72.8 Å². The summed E-state index contributed by atoms with van der Waals surface area (Å²) in [5.41, 5.74) is 3.62. The summed E-state index contributed by atoms with van der Waals surface area (Å²) in [4.78, 5) is 16.7. The van der Waals surface area contributed by atoms with E-state index in [2.05, 4.69) is 10.3 Å². The number of nitrogens with one attached hydrogen (secondary N) is 2. The third-order valence-electron chi connectivity index (χ3n) is 6.61. The fraction of sp³-hybridized carbons (Fsp3) is 0.194. The Morgan fingerprint density at radius 3 is 2.26 bits per heavy atom. The number of aromatic nitrogens is 1. The van der Waals surface area contributed by atoms with E-state index in [0.717, 1.165) is 27.3 Å². The van der Waals surface area contributed by atoms with Crippen LogP contribution in [0.2, 0.25) is 0 Å². The molecule has 39 heavy (non-hydrogen) atoms. The number of aryl methyl sites for hydroxylation is 1. The molecule has 2 N–H and O–H groups in total. The largest absolute Gasteiger partial charge is 0.493 e. The fourth-order valence-electron chi connectivity index (χ4n) is 4.79. The molecule has 0 bridgehead atoms. The summed E-state index contributed by atoms with van der Waals surface area (Å²) in [6, 6.07) is 23.4. The first kappa shape index (κ1) is 26.3. The second-order valence-corrected chi connectivity index (χ2v) is 9.28. The van der Waals surface area contributed by atoms with Crippen molar-refractivity contribution in [1.29, 1.82) is 0 Å². The molecule has 1 amide bonds. The number of hydrogen-bond acceptors (Lipinski definition) is 5. The molecular weight excluding hydrogens is 516 g/mol. The summed E-state index contributed by atoms with van der Waals surface area (Å²) < 4.78 is 22.8. The molecule has 1 heterocycles. The van der Waals surface area contributed by atoms with Crippen LogP contribution in [0.3, 0.4) is 0 Å². The van der Waals surface area contributed by atoms with Crippen LogP contribution in [-0.4, -0.2) is 38.1 Å². The number of carbonyl (C=O) groups excluding carboxylic acids is 1. The van der Waals surface area contributed by atoms with Gasteiger partial charge in [-0.3, -0.25) is 4.79 Å². The Morgan fingerprint density at radius 2 is 1.56 bits per heavy atom. The van der Waals surface area contributed by atoms with E-state index in [0.29, 0.717) is 58.8 Å². The van der Waals surface area contributed by atoms with Crippen molar-refractivity contribution in [1.82, 2.24) is 4.98 Å². The van der Waals surface area contributed by atoms with Crippen molar-refractivity contribution >= 4 is 44.9 Å². The summed E-state index contributed by atoms with van der Waals surface area (Å²) in [6.07, 6.45) is 0.575. The molecule has 0 aliphatic rings. The van der Waals surface area contributed by atoms with Gasteiger partial charge in [0.05, 0.1) is 26.8 Å². The van der Waals surface area contributed by atoms with E-state index in [4.69, 9.17) is 30.5 Å². The van der Waals surface area contributed by atoms with Crippen LogP contribution in [0.4, 0.5) is 5.69 Å². The maximum Gasteiger partial charge on any atom is 0.272 e. The predicted molar refractivity (Wildman–Crippen MR) is 155 cm³/mol. The number of fused-ring (bicyclic) bond motifs is 2. The number of ether oxygens (including phenoxy) is 4. The third-order valence-corrected chi connectivity index (χ3v) is 6.80. The first-order chi connectivity index (χ1) is 19.1. The molecule has 200 valence electrons. The highest BCUT2D eigenvalue weighted by Gasteiger charge is 2.21. The zero-order chi connectivity index (χ0) is 27.4. The Bertz CT molecular complexity index is 1630. The molecule has 0 atom stereocenters. The Hall–Kier alpha value is -4.36. The Balaban J connectivity index is 1.54. The van der Waals surface area contributed by atoms with Gasteiger partial charge >= 0.3 is 0 Å². The lowest BCUT2D eigenvalue weighted by atomic mass is 9.99. The topological polar surface area (TPSA) is 81.8 Å². The van der Waals surface area contributed by atoms with Crippen molar-refractivity contribution in [2.75, 3.05) is 32.5 Å². The second kappa shape index (κ2) is 11.6. The number of amides is 1. The van der Waals surface area contributed by atoms with Crippen LogP contribution >= 0.6 is 11.6 Å². The Labute approximate surface area is 231 Å². The van der Waals surface area contributed by atoms with E-state index in [1.807, 2.05) is 60.7 Å². The maximum absolute atomic E-state index is 13.6. The minimum absolute atomic E-state index is 0.314. The van der Waals surface area contributed by atoms with Gasteiger partial charge in [0.1, 0.15) is 18.1 Å². The lowest BCUT2D eigenvalue weighted by molar-refractivity contribution is 0.102. The Kier molecular flexibility index (Phi) is 7.79. The van der Waals surface area contributed by atoms with Crippen LogP contribution in [0.25, 0.3) is 21.7 Å². The molecule has 0 aliphatic carbocycles. The van der Waals surface area contributed by atoms with Crippen molar-refractivity contribution in [3.63, 3.8) is 0 Å². The SMILES string of the molecule is COc1cc2cc(C(=O)Nc3cc(OCc4ccccc4)c4ccccc4c3CCCl)[nH]c2c(OC)c1OC. The molecule has 5 rings (SSSR count). The summed E-state index contributed by atoms with van der Waals surface area (Å²) in [7, 11) is 4.64. The molecular formula is C31H29ClN2O5. The van der Waals surface area contributed by atoms with E-state index in [1.54, 1.807) is 33.5 Å². The number of methoxy groups -OCH3 is 3. The molecule has 0 aliphatic heterocycles. The number of hydrogen-bond donors (Lipinski definition) is 2. The predicted octanol–water partition coefficient (Wildman–Crippen LogP) is 6.96. The van der Waals surface area contributed by atoms with Crippen molar-refractivity contribution in [2.45, 2.75) is 13.0 Å². The average molecular weight is 545 g/mol. The maximum atomic E-state index is 13.6. The fourth-order valence-corrected chi connectivity index (χ4v) is 4.98.